The van der Waals surface area contributed by atoms with Crippen molar-refractivity contribution in [1.82, 2.24) is 10.1 Å². The largest absolute Gasteiger partial charge is 0.399 e. The number of nitrogen functional groups attached to an aromatic ring is 1. The topological polar surface area (TPSA) is 64.9 Å². The zero-order chi connectivity index (χ0) is 13.9. The molecule has 4 nitrogen and oxygen atoms in total. The fourth-order valence-electron chi connectivity index (χ4n) is 2.07. The second-order valence-electron chi connectivity index (χ2n) is 4.80. The summed E-state index contributed by atoms with van der Waals surface area (Å²) < 4.78 is 5.30. The van der Waals surface area contributed by atoms with E-state index in [1.807, 2.05) is 30.3 Å². The lowest BCUT2D eigenvalue weighted by Crippen LogP contribution is -1.89. The van der Waals surface area contributed by atoms with Crippen LogP contribution in [-0.4, -0.2) is 10.1 Å². The molecule has 0 spiro atoms. The molecule has 1 heterocycles. The number of nitrogens with zero attached hydrogens (tertiary/aromatic N) is 2. The summed E-state index contributed by atoms with van der Waals surface area (Å²) in [6.45, 7) is 2.07. The van der Waals surface area contributed by atoms with Gasteiger partial charge in [-0.05, 0) is 36.8 Å². The molecule has 3 aromatic rings. The highest BCUT2D eigenvalue weighted by Gasteiger charge is 2.09. The molecule has 0 atom stereocenters. The highest BCUT2D eigenvalue weighted by molar-refractivity contribution is 5.58. The van der Waals surface area contributed by atoms with E-state index in [1.165, 1.54) is 5.56 Å². The maximum atomic E-state index is 5.66. The number of benzene rings is 2. The summed E-state index contributed by atoms with van der Waals surface area (Å²) in [5.41, 5.74) is 9.67. The van der Waals surface area contributed by atoms with E-state index in [4.69, 9.17) is 10.3 Å². The third kappa shape index (κ3) is 2.69. The van der Waals surface area contributed by atoms with Crippen LogP contribution in [-0.2, 0) is 6.42 Å². The minimum atomic E-state index is 0.590. The molecule has 4 heteroatoms. The van der Waals surface area contributed by atoms with E-state index in [0.29, 0.717) is 18.1 Å². The lowest BCUT2D eigenvalue weighted by molar-refractivity contribution is 0.385. The van der Waals surface area contributed by atoms with Crippen LogP contribution in [0.15, 0.2) is 53.1 Å². The Labute approximate surface area is 117 Å². The van der Waals surface area contributed by atoms with Crippen LogP contribution >= 0.6 is 0 Å². The van der Waals surface area contributed by atoms with E-state index >= 15 is 0 Å². The molecule has 0 bridgehead atoms. The lowest BCUT2D eigenvalue weighted by atomic mass is 10.1. The van der Waals surface area contributed by atoms with Gasteiger partial charge in [-0.1, -0.05) is 35.0 Å². The molecule has 0 unspecified atom stereocenters. The normalized spacial score (nSPS) is 10.7. The lowest BCUT2D eigenvalue weighted by Gasteiger charge is -1.98. The van der Waals surface area contributed by atoms with Crippen molar-refractivity contribution in [1.29, 1.82) is 0 Å². The van der Waals surface area contributed by atoms with E-state index in [2.05, 4.69) is 35.3 Å². The van der Waals surface area contributed by atoms with Crippen LogP contribution in [0.5, 0.6) is 0 Å². The number of hydrogen-bond acceptors (Lipinski definition) is 4. The number of nitrogens with two attached hydrogens (primary N) is 1. The van der Waals surface area contributed by atoms with Gasteiger partial charge in [0, 0.05) is 11.3 Å². The third-order valence-electron chi connectivity index (χ3n) is 3.07. The number of hydrogen-bond donors (Lipinski definition) is 1. The maximum absolute atomic E-state index is 5.66. The smallest absolute Gasteiger partial charge is 0.231 e. The van der Waals surface area contributed by atoms with Gasteiger partial charge in [0.25, 0.3) is 0 Å². The second-order valence-corrected chi connectivity index (χ2v) is 4.80. The Kier molecular flexibility index (Phi) is 3.21. The van der Waals surface area contributed by atoms with Crippen LogP contribution in [0.3, 0.4) is 0 Å². The fourth-order valence-corrected chi connectivity index (χ4v) is 2.07. The zero-order valence-corrected chi connectivity index (χ0v) is 11.2. The molecule has 0 radical (unpaired) electrons. The van der Waals surface area contributed by atoms with Crippen LogP contribution in [0.25, 0.3) is 11.4 Å². The van der Waals surface area contributed by atoms with Crippen molar-refractivity contribution < 1.29 is 4.52 Å². The first-order valence-corrected chi connectivity index (χ1v) is 6.45. The van der Waals surface area contributed by atoms with Gasteiger partial charge in [0.1, 0.15) is 0 Å². The van der Waals surface area contributed by atoms with Gasteiger partial charge in [-0.2, -0.15) is 4.98 Å². The van der Waals surface area contributed by atoms with Crippen LogP contribution in [0.4, 0.5) is 5.69 Å². The first-order chi connectivity index (χ1) is 9.70. The highest BCUT2D eigenvalue weighted by atomic mass is 16.5. The van der Waals surface area contributed by atoms with Crippen LogP contribution in [0.1, 0.15) is 17.0 Å². The maximum Gasteiger partial charge on any atom is 0.231 e. The molecule has 100 valence electrons. The van der Waals surface area contributed by atoms with Crippen molar-refractivity contribution in [3.05, 3.63) is 65.5 Å². The number of anilines is 1. The Morgan fingerprint density at radius 2 is 1.90 bits per heavy atom. The molecule has 20 heavy (non-hydrogen) atoms. The van der Waals surface area contributed by atoms with Crippen LogP contribution in [0, 0.1) is 6.92 Å². The highest BCUT2D eigenvalue weighted by Crippen LogP contribution is 2.18. The van der Waals surface area contributed by atoms with Gasteiger partial charge in [0.2, 0.25) is 11.7 Å². The Balaban J connectivity index is 1.82. The Morgan fingerprint density at radius 3 is 2.65 bits per heavy atom. The summed E-state index contributed by atoms with van der Waals surface area (Å²) in [6.07, 6.45) is 0.643. The summed E-state index contributed by atoms with van der Waals surface area (Å²) in [4.78, 5) is 4.42. The van der Waals surface area contributed by atoms with E-state index in [9.17, 15) is 0 Å². The number of aromatic nitrogens is 2. The Morgan fingerprint density at radius 1 is 1.10 bits per heavy atom. The molecule has 0 saturated heterocycles. The van der Waals surface area contributed by atoms with Gasteiger partial charge in [0.15, 0.2) is 0 Å². The SMILES string of the molecule is Cc1cccc(Cc2nc(-c3ccc(N)cc3)no2)c1. The number of rotatable bonds is 3. The molecular weight excluding hydrogens is 250 g/mol. The molecule has 2 aromatic carbocycles. The summed E-state index contributed by atoms with van der Waals surface area (Å²) in [7, 11) is 0. The molecule has 0 aliphatic carbocycles. The van der Waals surface area contributed by atoms with Gasteiger partial charge >= 0.3 is 0 Å². The quantitative estimate of drug-likeness (QED) is 0.738. The minimum Gasteiger partial charge on any atom is -0.399 e. The third-order valence-corrected chi connectivity index (χ3v) is 3.07. The first-order valence-electron chi connectivity index (χ1n) is 6.45. The van der Waals surface area contributed by atoms with E-state index in [-0.39, 0.29) is 0 Å². The average molecular weight is 265 g/mol. The summed E-state index contributed by atoms with van der Waals surface area (Å²) >= 11 is 0. The molecule has 0 fully saturated rings. The molecule has 3 rings (SSSR count). The van der Waals surface area contributed by atoms with E-state index in [0.717, 1.165) is 16.8 Å². The predicted octanol–water partition coefficient (Wildman–Crippen LogP) is 3.22. The fraction of sp³-hybridized carbons (Fsp3) is 0.125. The first kappa shape index (κ1) is 12.4. The molecular formula is C16H15N3O. The van der Waals surface area contributed by atoms with Crippen molar-refractivity contribution in [2.75, 3.05) is 5.73 Å². The predicted molar refractivity (Wildman–Crippen MR) is 78.1 cm³/mol. The van der Waals surface area contributed by atoms with Gasteiger partial charge < -0.3 is 10.3 Å². The van der Waals surface area contributed by atoms with E-state index < -0.39 is 0 Å². The van der Waals surface area contributed by atoms with Crippen molar-refractivity contribution in [2.24, 2.45) is 0 Å². The van der Waals surface area contributed by atoms with E-state index in [1.54, 1.807) is 0 Å². The molecule has 0 aliphatic rings. The Hall–Kier alpha value is -2.62. The van der Waals surface area contributed by atoms with Crippen molar-refractivity contribution in [2.45, 2.75) is 13.3 Å². The molecule has 1 aromatic heterocycles. The molecule has 0 saturated carbocycles. The van der Waals surface area contributed by atoms with Crippen LogP contribution in [0.2, 0.25) is 0 Å². The van der Waals surface area contributed by atoms with Crippen LogP contribution < -0.4 is 5.73 Å². The molecule has 0 amide bonds. The minimum absolute atomic E-state index is 0.590. The van der Waals surface area contributed by atoms with Gasteiger partial charge in [-0.15, -0.1) is 0 Å². The summed E-state index contributed by atoms with van der Waals surface area (Å²) in [5, 5.41) is 4.01. The summed E-state index contributed by atoms with van der Waals surface area (Å²) in [6, 6.07) is 15.7. The van der Waals surface area contributed by atoms with Gasteiger partial charge in [0.05, 0.1) is 6.42 Å². The van der Waals surface area contributed by atoms with Crippen molar-refractivity contribution in [3.63, 3.8) is 0 Å². The van der Waals surface area contributed by atoms with Gasteiger partial charge in [-0.3, -0.25) is 0 Å². The molecule has 0 aliphatic heterocycles. The standard InChI is InChI=1S/C16H15N3O/c1-11-3-2-4-12(9-11)10-15-18-16(19-20-15)13-5-7-14(17)8-6-13/h2-9H,10,17H2,1H3. The summed E-state index contributed by atoms with van der Waals surface area (Å²) in [5.74, 6) is 1.20. The second kappa shape index (κ2) is 5.17. The van der Waals surface area contributed by atoms with Gasteiger partial charge in [-0.25, -0.2) is 0 Å². The average Bonchev–Trinajstić information content (AvgIpc) is 2.88. The monoisotopic (exact) mass is 265 g/mol. The zero-order valence-electron chi connectivity index (χ0n) is 11.2. The molecule has 2 N–H and O–H groups in total. The Bertz CT molecular complexity index is 717. The number of aryl methyl sites for hydroxylation is 1. The van der Waals surface area contributed by atoms with Crippen molar-refractivity contribution in [3.8, 4) is 11.4 Å². The van der Waals surface area contributed by atoms with Crippen molar-refractivity contribution >= 4 is 5.69 Å².